The van der Waals surface area contributed by atoms with Gasteiger partial charge in [0.15, 0.2) is 0 Å². The molecule has 1 aromatic carbocycles. The van der Waals surface area contributed by atoms with Gasteiger partial charge in [0, 0.05) is 18.7 Å². The molecule has 1 aliphatic rings. The zero-order valence-corrected chi connectivity index (χ0v) is 14.4. The minimum atomic E-state index is -3.98. The molecular weight excluding hydrogens is 342 g/mol. The summed E-state index contributed by atoms with van der Waals surface area (Å²) in [5, 5.41) is 10.6. The Morgan fingerprint density at radius 2 is 2.04 bits per heavy atom. The van der Waals surface area contributed by atoms with Crippen LogP contribution in [0.5, 0.6) is 0 Å². The van der Waals surface area contributed by atoms with E-state index in [1.165, 1.54) is 12.1 Å². The second-order valence-electron chi connectivity index (χ2n) is 5.86. The number of aryl methyl sites for hydroxylation is 1. The van der Waals surface area contributed by atoms with Crippen molar-refractivity contribution in [2.45, 2.75) is 43.5 Å². The van der Waals surface area contributed by atoms with E-state index in [9.17, 15) is 18.5 Å². The van der Waals surface area contributed by atoms with E-state index in [1.807, 2.05) is 0 Å². The molecule has 1 saturated carbocycles. The van der Waals surface area contributed by atoms with E-state index in [0.29, 0.717) is 5.56 Å². The third kappa shape index (κ3) is 4.00. The smallest absolute Gasteiger partial charge is 0.289 e. The minimum Gasteiger partial charge on any atom is -0.329 e. The first-order valence-electron chi connectivity index (χ1n) is 7.43. The van der Waals surface area contributed by atoms with E-state index >= 15 is 0 Å². The lowest BCUT2D eigenvalue weighted by Crippen LogP contribution is -2.44. The van der Waals surface area contributed by atoms with Crippen molar-refractivity contribution in [3.63, 3.8) is 0 Å². The van der Waals surface area contributed by atoms with Crippen LogP contribution in [0.15, 0.2) is 17.0 Å². The van der Waals surface area contributed by atoms with Crippen molar-refractivity contribution < 1.29 is 13.3 Å². The van der Waals surface area contributed by atoms with Crippen LogP contribution in [0.25, 0.3) is 0 Å². The normalized spacial score (nSPS) is 17.3. The Morgan fingerprint density at radius 3 is 2.57 bits per heavy atom. The summed E-state index contributed by atoms with van der Waals surface area (Å²) >= 11 is 5.95. The molecule has 0 radical (unpaired) electrons. The quantitative estimate of drug-likeness (QED) is 0.596. The first-order chi connectivity index (χ1) is 10.8. The summed E-state index contributed by atoms with van der Waals surface area (Å²) in [4.78, 5) is 10.1. The highest BCUT2D eigenvalue weighted by molar-refractivity contribution is 7.89. The molecule has 0 saturated heterocycles. The van der Waals surface area contributed by atoms with Crippen molar-refractivity contribution in [2.75, 3.05) is 6.54 Å². The SMILES string of the molecule is Cc1cc([N+](=O)[O-])c(Cl)c(S(=O)(=O)NC(CN)C2CCCC2)c1. The van der Waals surface area contributed by atoms with Gasteiger partial charge in [-0.05, 0) is 37.3 Å². The molecule has 23 heavy (non-hydrogen) atoms. The number of nitro groups is 1. The first-order valence-corrected chi connectivity index (χ1v) is 9.29. The van der Waals surface area contributed by atoms with Gasteiger partial charge >= 0.3 is 0 Å². The van der Waals surface area contributed by atoms with Crippen molar-refractivity contribution in [1.29, 1.82) is 0 Å². The maximum Gasteiger partial charge on any atom is 0.289 e. The molecule has 2 rings (SSSR count). The molecular formula is C14H20ClN3O4S. The molecule has 1 aliphatic carbocycles. The predicted molar refractivity (Wildman–Crippen MR) is 88.0 cm³/mol. The van der Waals surface area contributed by atoms with Gasteiger partial charge in [0.1, 0.15) is 9.92 Å². The summed E-state index contributed by atoms with van der Waals surface area (Å²) in [6.07, 6.45) is 3.96. The van der Waals surface area contributed by atoms with E-state index in [-0.39, 0.29) is 22.4 Å². The Morgan fingerprint density at radius 1 is 1.43 bits per heavy atom. The van der Waals surface area contributed by atoms with Crippen molar-refractivity contribution in [3.8, 4) is 0 Å². The Kier molecular flexibility index (Phi) is 5.61. The summed E-state index contributed by atoms with van der Waals surface area (Å²) in [7, 11) is -3.98. The topological polar surface area (TPSA) is 115 Å². The monoisotopic (exact) mass is 361 g/mol. The highest BCUT2D eigenvalue weighted by atomic mass is 35.5. The highest BCUT2D eigenvalue weighted by Crippen LogP contribution is 2.33. The van der Waals surface area contributed by atoms with Crippen LogP contribution >= 0.6 is 11.6 Å². The number of rotatable bonds is 6. The van der Waals surface area contributed by atoms with Crippen LogP contribution < -0.4 is 10.5 Å². The number of nitrogens with zero attached hydrogens (tertiary/aromatic N) is 1. The molecule has 0 spiro atoms. The van der Waals surface area contributed by atoms with Gasteiger partial charge in [-0.2, -0.15) is 0 Å². The predicted octanol–water partition coefficient (Wildman–Crippen LogP) is 2.35. The lowest BCUT2D eigenvalue weighted by atomic mass is 9.99. The van der Waals surface area contributed by atoms with Crippen molar-refractivity contribution >= 4 is 27.3 Å². The van der Waals surface area contributed by atoms with E-state index in [0.717, 1.165) is 25.7 Å². The fraction of sp³-hybridized carbons (Fsp3) is 0.571. The molecule has 1 aromatic rings. The van der Waals surface area contributed by atoms with Gasteiger partial charge in [0.2, 0.25) is 10.0 Å². The molecule has 3 N–H and O–H groups in total. The molecule has 0 amide bonds. The summed E-state index contributed by atoms with van der Waals surface area (Å²) in [5.74, 6) is 0.188. The minimum absolute atomic E-state index is 0.176. The third-order valence-electron chi connectivity index (χ3n) is 4.18. The maximum atomic E-state index is 12.6. The van der Waals surface area contributed by atoms with Crippen molar-refractivity contribution in [3.05, 3.63) is 32.8 Å². The number of nitro benzene ring substituents is 1. The van der Waals surface area contributed by atoms with E-state index < -0.39 is 26.7 Å². The zero-order valence-electron chi connectivity index (χ0n) is 12.8. The van der Waals surface area contributed by atoms with Crippen LogP contribution in [0, 0.1) is 23.0 Å². The number of sulfonamides is 1. The number of halogens is 1. The number of nitrogens with one attached hydrogen (secondary N) is 1. The number of benzene rings is 1. The van der Waals surface area contributed by atoms with Gasteiger partial charge in [-0.3, -0.25) is 10.1 Å². The third-order valence-corrected chi connectivity index (χ3v) is 6.20. The average molecular weight is 362 g/mol. The molecule has 9 heteroatoms. The Bertz CT molecular complexity index is 702. The molecule has 0 aliphatic heterocycles. The largest absolute Gasteiger partial charge is 0.329 e. The van der Waals surface area contributed by atoms with Crippen molar-refractivity contribution in [1.82, 2.24) is 4.72 Å². The Balaban J connectivity index is 2.37. The van der Waals surface area contributed by atoms with E-state index in [4.69, 9.17) is 17.3 Å². The fourth-order valence-electron chi connectivity index (χ4n) is 3.00. The fourth-order valence-corrected chi connectivity index (χ4v) is 4.98. The second-order valence-corrected chi connectivity index (χ2v) is 7.92. The number of nitrogens with two attached hydrogens (primary N) is 1. The first kappa shape index (κ1) is 18.1. The maximum absolute atomic E-state index is 12.6. The molecule has 128 valence electrons. The van der Waals surface area contributed by atoms with Gasteiger partial charge < -0.3 is 5.73 Å². The van der Waals surface area contributed by atoms with Crippen molar-refractivity contribution in [2.24, 2.45) is 11.7 Å². The Hall–Kier alpha value is -1.22. The highest BCUT2D eigenvalue weighted by Gasteiger charge is 2.31. The zero-order chi connectivity index (χ0) is 17.2. The van der Waals surface area contributed by atoms with Gasteiger partial charge in [-0.15, -0.1) is 0 Å². The lowest BCUT2D eigenvalue weighted by Gasteiger charge is -2.23. The van der Waals surface area contributed by atoms with Crippen LogP contribution in [0.3, 0.4) is 0 Å². The Labute approximate surface area is 140 Å². The lowest BCUT2D eigenvalue weighted by molar-refractivity contribution is -0.385. The van der Waals surface area contributed by atoms with Gasteiger partial charge in [0.25, 0.3) is 5.69 Å². The summed E-state index contributed by atoms with van der Waals surface area (Å²) in [6.45, 7) is 1.76. The van der Waals surface area contributed by atoms with E-state index in [2.05, 4.69) is 4.72 Å². The van der Waals surface area contributed by atoms with Crippen LogP contribution in [0.4, 0.5) is 5.69 Å². The summed E-state index contributed by atoms with van der Waals surface area (Å²) in [5.41, 5.74) is 5.75. The number of hydrogen-bond donors (Lipinski definition) is 2. The molecule has 0 heterocycles. The summed E-state index contributed by atoms with van der Waals surface area (Å²) in [6, 6.07) is 2.19. The van der Waals surface area contributed by atoms with Crippen LogP contribution in [-0.4, -0.2) is 25.9 Å². The van der Waals surface area contributed by atoms with Crippen LogP contribution in [0.2, 0.25) is 5.02 Å². The average Bonchev–Trinajstić information content (AvgIpc) is 3.00. The standard InChI is InChI=1S/C14H20ClN3O4S/c1-9-6-12(18(19)20)14(15)13(7-9)23(21,22)17-11(8-16)10-4-2-3-5-10/h6-7,10-11,17H,2-5,8,16H2,1H3. The molecule has 1 unspecified atom stereocenters. The second kappa shape index (κ2) is 7.12. The van der Waals surface area contributed by atoms with Gasteiger partial charge in [0.05, 0.1) is 4.92 Å². The number of hydrogen-bond acceptors (Lipinski definition) is 5. The molecule has 0 bridgehead atoms. The van der Waals surface area contributed by atoms with Gasteiger partial charge in [-0.25, -0.2) is 13.1 Å². The van der Waals surface area contributed by atoms with E-state index in [1.54, 1.807) is 6.92 Å². The van der Waals surface area contributed by atoms with Gasteiger partial charge in [-0.1, -0.05) is 24.4 Å². The van der Waals surface area contributed by atoms with Crippen LogP contribution in [-0.2, 0) is 10.0 Å². The molecule has 0 aromatic heterocycles. The molecule has 1 fully saturated rings. The summed E-state index contributed by atoms with van der Waals surface area (Å²) < 4.78 is 27.8. The molecule has 1 atom stereocenters. The van der Waals surface area contributed by atoms with Crippen LogP contribution in [0.1, 0.15) is 31.2 Å². The molecule has 7 nitrogen and oxygen atoms in total.